The van der Waals surface area contributed by atoms with Crippen LogP contribution in [0.4, 0.5) is 14.4 Å². The van der Waals surface area contributed by atoms with E-state index in [0.717, 1.165) is 62.5 Å². The molecule has 4 atom stereocenters. The normalized spacial score (nSPS) is 20.9. The predicted molar refractivity (Wildman–Crippen MR) is 251 cm³/mol. The van der Waals surface area contributed by atoms with Crippen molar-refractivity contribution in [1.29, 1.82) is 0 Å². The summed E-state index contributed by atoms with van der Waals surface area (Å²) in [4.78, 5) is 43.2. The van der Waals surface area contributed by atoms with Crippen LogP contribution in [0.3, 0.4) is 0 Å². The van der Waals surface area contributed by atoms with E-state index in [2.05, 4.69) is 131 Å². The van der Waals surface area contributed by atoms with Gasteiger partial charge >= 0.3 is 18.3 Å². The lowest BCUT2D eigenvalue weighted by Crippen LogP contribution is -2.56. The molecule has 9 heteroatoms. The average Bonchev–Trinajstić information content (AvgIpc) is 3.97. The maximum Gasteiger partial charge on any atom is 0.411 e. The first kappa shape index (κ1) is 50.1. The number of rotatable bonds is 16. The van der Waals surface area contributed by atoms with Gasteiger partial charge in [-0.3, -0.25) is 14.7 Å². The molecule has 3 fully saturated rings. The number of nitrogens with zero attached hydrogens (tertiary/aromatic N) is 3. The molecule has 9 nitrogen and oxygen atoms in total. The molecule has 0 aromatic heterocycles. The van der Waals surface area contributed by atoms with Gasteiger partial charge in [0.05, 0.1) is 18.1 Å². The van der Waals surface area contributed by atoms with Gasteiger partial charge in [0.15, 0.2) is 5.60 Å². The van der Waals surface area contributed by atoms with Gasteiger partial charge < -0.3 is 14.2 Å². The topological polar surface area (TPSA) is 88.6 Å². The van der Waals surface area contributed by atoms with Crippen LogP contribution in [0, 0.1) is 11.8 Å². The minimum absolute atomic E-state index is 0.0531. The number of amides is 3. The van der Waals surface area contributed by atoms with Crippen molar-refractivity contribution in [2.75, 3.05) is 13.2 Å². The molecule has 3 aromatic rings. The second kappa shape index (κ2) is 21.7. The molecule has 3 aliphatic rings. The van der Waals surface area contributed by atoms with Crippen molar-refractivity contribution in [3.05, 3.63) is 108 Å². The Hall–Kier alpha value is -4.53. The molecule has 0 bridgehead atoms. The number of cyclic esters (lactones) is 3. The number of carbonyl (C=O) groups excluding carboxylic acids is 3. The summed E-state index contributed by atoms with van der Waals surface area (Å²) >= 11 is 0. The smallest absolute Gasteiger partial charge is 0.411 e. The van der Waals surface area contributed by atoms with Gasteiger partial charge in [-0.2, -0.15) is 0 Å². The Morgan fingerprint density at radius 1 is 0.565 bits per heavy atom. The summed E-state index contributed by atoms with van der Waals surface area (Å²) in [6.45, 7) is 29.1. The van der Waals surface area contributed by atoms with Crippen LogP contribution in [0.25, 0.3) is 0 Å². The number of ether oxygens (including phenoxy) is 3. The van der Waals surface area contributed by atoms with E-state index < -0.39 is 5.60 Å². The van der Waals surface area contributed by atoms with E-state index in [-0.39, 0.29) is 58.9 Å². The average molecular weight is 854 g/mol. The second-order valence-corrected chi connectivity index (χ2v) is 19.0. The van der Waals surface area contributed by atoms with Crippen molar-refractivity contribution in [2.24, 2.45) is 11.8 Å². The van der Waals surface area contributed by atoms with Gasteiger partial charge in [0.25, 0.3) is 0 Å². The number of hydrogen-bond acceptors (Lipinski definition) is 6. The quantitative estimate of drug-likeness (QED) is 0.133. The van der Waals surface area contributed by atoms with Gasteiger partial charge in [-0.25, -0.2) is 14.4 Å². The van der Waals surface area contributed by atoms with Gasteiger partial charge in [-0.05, 0) is 83.1 Å². The summed E-state index contributed by atoms with van der Waals surface area (Å²) in [7, 11) is 0. The van der Waals surface area contributed by atoms with E-state index in [1.54, 1.807) is 0 Å². The van der Waals surface area contributed by atoms with Crippen molar-refractivity contribution in [3.63, 3.8) is 0 Å². The van der Waals surface area contributed by atoms with Crippen LogP contribution in [0.15, 0.2) is 91.0 Å². The fraction of sp³-hybridized carbons (Fsp3) is 0.604. The highest BCUT2D eigenvalue weighted by Gasteiger charge is 2.60. The Morgan fingerprint density at radius 2 is 1.00 bits per heavy atom. The SMILES string of the molecule is CCC(C)(CC)N1C(=O)OCC1C(C)C.CCC(C)(CC)N1C(=O)OCC1Cc1ccccc1.CCCC(C)(CC)N1C(=O)OC(c2ccccc2)(c2ccccc2)C1C(C)C. The zero-order valence-electron chi connectivity index (χ0n) is 40.4. The zero-order chi connectivity index (χ0) is 45.9. The zero-order valence-corrected chi connectivity index (χ0v) is 40.4. The van der Waals surface area contributed by atoms with Crippen LogP contribution in [0.1, 0.15) is 152 Å². The first-order valence-corrected chi connectivity index (χ1v) is 23.6. The van der Waals surface area contributed by atoms with Gasteiger partial charge in [0.1, 0.15) is 13.2 Å². The Balaban J connectivity index is 0.000000217. The molecule has 0 radical (unpaired) electrons. The molecule has 0 aliphatic carbocycles. The molecule has 3 amide bonds. The highest BCUT2D eigenvalue weighted by Crippen LogP contribution is 2.50. The Morgan fingerprint density at radius 3 is 1.44 bits per heavy atom. The van der Waals surface area contributed by atoms with Crippen molar-refractivity contribution >= 4 is 18.3 Å². The lowest BCUT2D eigenvalue weighted by Gasteiger charge is -2.45. The molecule has 342 valence electrons. The van der Waals surface area contributed by atoms with Crippen LogP contribution in [-0.2, 0) is 26.2 Å². The predicted octanol–water partition coefficient (Wildman–Crippen LogP) is 13.0. The first-order valence-electron chi connectivity index (χ1n) is 23.6. The molecule has 0 spiro atoms. The van der Waals surface area contributed by atoms with E-state index in [9.17, 15) is 14.4 Å². The lowest BCUT2D eigenvalue weighted by atomic mass is 9.74. The molecule has 6 rings (SSSR count). The standard InChI is InChI=1S/C25H33NO2.C16H23NO2.C12H23NO2/c1-6-18-24(5,7-2)26-22(19(3)4)25(28-23(26)27,20-14-10-8-11-15-20)21-16-12-9-13-17-21;1-4-16(3,5-2)17-14(12-19-15(17)18)11-13-9-7-6-8-10-13;1-6-12(5,7-2)13-10(9(3)4)8-15-11(13)14/h8-17,19,22H,6-7,18H2,1-5H3;6-10,14H,4-5,11-12H2,1-3H3;9-10H,6-8H2,1-5H3. The van der Waals surface area contributed by atoms with Gasteiger partial charge in [-0.15, -0.1) is 0 Å². The van der Waals surface area contributed by atoms with Gasteiger partial charge in [-0.1, -0.05) is 167 Å². The largest absolute Gasteiger partial charge is 0.447 e. The fourth-order valence-corrected chi connectivity index (χ4v) is 9.76. The van der Waals surface area contributed by atoms with Crippen LogP contribution in [0.2, 0.25) is 0 Å². The summed E-state index contributed by atoms with van der Waals surface area (Å²) < 4.78 is 16.9. The fourth-order valence-electron chi connectivity index (χ4n) is 9.76. The third-order valence-electron chi connectivity index (χ3n) is 14.5. The molecule has 3 heterocycles. The maximum absolute atomic E-state index is 13.4. The highest BCUT2D eigenvalue weighted by molar-refractivity contribution is 5.75. The first-order chi connectivity index (χ1) is 29.5. The van der Waals surface area contributed by atoms with E-state index >= 15 is 0 Å². The Bertz CT molecular complexity index is 1800. The molecule has 3 aromatic carbocycles. The number of carbonyl (C=O) groups is 3. The number of benzene rings is 3. The second-order valence-electron chi connectivity index (χ2n) is 19.0. The minimum atomic E-state index is -0.808. The van der Waals surface area contributed by atoms with Crippen molar-refractivity contribution in [2.45, 2.75) is 182 Å². The van der Waals surface area contributed by atoms with E-state index in [4.69, 9.17) is 14.2 Å². The lowest BCUT2D eigenvalue weighted by molar-refractivity contribution is 0.0397. The molecular weight excluding hydrogens is 775 g/mol. The van der Waals surface area contributed by atoms with Crippen LogP contribution >= 0.6 is 0 Å². The van der Waals surface area contributed by atoms with E-state index in [1.165, 1.54) is 5.56 Å². The van der Waals surface area contributed by atoms with Crippen molar-refractivity contribution in [3.8, 4) is 0 Å². The molecular formula is C53H79N3O6. The molecule has 62 heavy (non-hydrogen) atoms. The summed E-state index contributed by atoms with van der Waals surface area (Å²) in [6.07, 6.45) is 7.10. The van der Waals surface area contributed by atoms with Crippen molar-refractivity contribution < 1.29 is 28.6 Å². The van der Waals surface area contributed by atoms with Crippen LogP contribution < -0.4 is 0 Å². The molecule has 3 saturated heterocycles. The Labute approximate surface area is 374 Å². The van der Waals surface area contributed by atoms with E-state index in [0.29, 0.717) is 19.1 Å². The van der Waals surface area contributed by atoms with Crippen LogP contribution in [0.5, 0.6) is 0 Å². The monoisotopic (exact) mass is 854 g/mol. The number of hydrogen-bond donors (Lipinski definition) is 0. The summed E-state index contributed by atoms with van der Waals surface area (Å²) in [5.74, 6) is 0.684. The van der Waals surface area contributed by atoms with Crippen molar-refractivity contribution in [1.82, 2.24) is 14.7 Å². The van der Waals surface area contributed by atoms with Gasteiger partial charge in [0, 0.05) is 27.7 Å². The maximum atomic E-state index is 13.4. The third kappa shape index (κ3) is 10.5. The van der Waals surface area contributed by atoms with Gasteiger partial charge in [0.2, 0.25) is 0 Å². The summed E-state index contributed by atoms with van der Waals surface area (Å²) in [5.41, 5.74) is 2.13. The highest BCUT2D eigenvalue weighted by atomic mass is 16.6. The Kier molecular flexibility index (Phi) is 17.5. The van der Waals surface area contributed by atoms with Crippen LogP contribution in [-0.4, -0.2) is 80.9 Å². The molecule has 3 aliphatic heterocycles. The summed E-state index contributed by atoms with van der Waals surface area (Å²) in [5, 5.41) is 0. The molecule has 4 unspecified atom stereocenters. The van der Waals surface area contributed by atoms with E-state index in [1.807, 2.05) is 64.4 Å². The molecule has 0 saturated carbocycles. The summed E-state index contributed by atoms with van der Waals surface area (Å²) in [6, 6.07) is 31.1. The molecule has 0 N–H and O–H groups in total. The minimum Gasteiger partial charge on any atom is -0.447 e. The third-order valence-corrected chi connectivity index (χ3v) is 14.5.